The van der Waals surface area contributed by atoms with Crippen LogP contribution in [0.15, 0.2) is 30.5 Å². The number of anilines is 1. The maximum atomic E-state index is 13.2. The Morgan fingerprint density at radius 2 is 2.15 bits per heavy atom. The Morgan fingerprint density at radius 3 is 2.85 bits per heavy atom. The Balaban J connectivity index is 2.00. The highest BCUT2D eigenvalue weighted by molar-refractivity contribution is 6.07. The number of benzene rings is 1. The fourth-order valence-electron chi connectivity index (χ4n) is 2.39. The van der Waals surface area contributed by atoms with Crippen LogP contribution in [-0.2, 0) is 7.05 Å². The molecule has 0 saturated carbocycles. The van der Waals surface area contributed by atoms with Gasteiger partial charge in [-0.3, -0.25) is 4.79 Å². The predicted molar refractivity (Wildman–Crippen MR) is 73.7 cm³/mol. The molecule has 0 unspecified atom stereocenters. The summed E-state index contributed by atoms with van der Waals surface area (Å²) >= 11 is 0. The third kappa shape index (κ3) is 1.95. The number of hydrogen-bond donors (Lipinski definition) is 0. The maximum Gasteiger partial charge on any atom is 0.260 e. The van der Waals surface area contributed by atoms with Gasteiger partial charge in [-0.05, 0) is 25.1 Å². The summed E-state index contributed by atoms with van der Waals surface area (Å²) in [6.45, 7) is 2.74. The lowest BCUT2D eigenvalue weighted by Crippen LogP contribution is -2.38. The molecule has 0 saturated heterocycles. The molecule has 1 aromatic heterocycles. The molecule has 20 heavy (non-hydrogen) atoms. The Labute approximate surface area is 116 Å². The molecule has 0 atom stereocenters. The molecule has 3 rings (SSSR count). The van der Waals surface area contributed by atoms with E-state index < -0.39 is 0 Å². The number of amides is 1. The van der Waals surface area contributed by atoms with Crippen LogP contribution < -0.4 is 9.64 Å². The van der Waals surface area contributed by atoms with Crippen molar-refractivity contribution >= 4 is 11.6 Å². The lowest BCUT2D eigenvalue weighted by atomic mass is 10.1. The van der Waals surface area contributed by atoms with Crippen LogP contribution in [0.25, 0.3) is 0 Å². The first-order chi connectivity index (χ1) is 9.58. The van der Waals surface area contributed by atoms with Crippen molar-refractivity contribution in [3.8, 4) is 5.75 Å². The number of rotatable bonds is 1. The Hall–Kier alpha value is -2.30. The Morgan fingerprint density at radius 1 is 1.35 bits per heavy atom. The van der Waals surface area contributed by atoms with Crippen LogP contribution in [0.1, 0.15) is 16.1 Å². The second kappa shape index (κ2) is 4.67. The molecular formula is C15H15FN2O2. The Kier molecular flexibility index (Phi) is 2.97. The van der Waals surface area contributed by atoms with Crippen LogP contribution >= 0.6 is 0 Å². The molecule has 5 heteroatoms. The molecule has 0 bridgehead atoms. The van der Waals surface area contributed by atoms with E-state index in [4.69, 9.17) is 4.74 Å². The average molecular weight is 274 g/mol. The van der Waals surface area contributed by atoms with Gasteiger partial charge >= 0.3 is 0 Å². The molecule has 1 amide bonds. The monoisotopic (exact) mass is 274 g/mol. The van der Waals surface area contributed by atoms with Crippen LogP contribution in [0.4, 0.5) is 10.1 Å². The van der Waals surface area contributed by atoms with Crippen molar-refractivity contribution in [2.24, 2.45) is 7.05 Å². The van der Waals surface area contributed by atoms with E-state index in [1.54, 1.807) is 17.0 Å². The smallest absolute Gasteiger partial charge is 0.260 e. The molecule has 0 radical (unpaired) electrons. The number of ether oxygens (including phenoxy) is 1. The van der Waals surface area contributed by atoms with Crippen molar-refractivity contribution < 1.29 is 13.9 Å². The molecule has 2 heterocycles. The maximum absolute atomic E-state index is 13.2. The minimum Gasteiger partial charge on any atom is -0.489 e. The van der Waals surface area contributed by atoms with Crippen molar-refractivity contribution in [3.63, 3.8) is 0 Å². The summed E-state index contributed by atoms with van der Waals surface area (Å²) in [7, 11) is 1.90. The molecule has 2 aromatic rings. The summed E-state index contributed by atoms with van der Waals surface area (Å²) in [6, 6.07) is 6.04. The number of fused-ring (bicyclic) bond motifs is 1. The first-order valence-corrected chi connectivity index (χ1v) is 6.44. The van der Waals surface area contributed by atoms with Gasteiger partial charge in [-0.2, -0.15) is 0 Å². The zero-order chi connectivity index (χ0) is 14.3. The minimum absolute atomic E-state index is 0.0840. The van der Waals surface area contributed by atoms with Crippen molar-refractivity contribution in [1.29, 1.82) is 0 Å². The van der Waals surface area contributed by atoms with Gasteiger partial charge in [0, 0.05) is 25.0 Å². The molecule has 104 valence electrons. The van der Waals surface area contributed by atoms with Gasteiger partial charge in [0.25, 0.3) is 5.91 Å². The Bertz CT molecular complexity index is 679. The normalized spacial score (nSPS) is 13.8. The van der Waals surface area contributed by atoms with E-state index in [-0.39, 0.29) is 11.7 Å². The summed E-state index contributed by atoms with van der Waals surface area (Å²) in [5.41, 5.74) is 2.18. The summed E-state index contributed by atoms with van der Waals surface area (Å²) in [5, 5.41) is 0. The number of carbonyl (C=O) groups excluding carboxylic acids is 1. The van der Waals surface area contributed by atoms with E-state index in [9.17, 15) is 9.18 Å². The quantitative estimate of drug-likeness (QED) is 0.800. The molecule has 0 N–H and O–H groups in total. The van der Waals surface area contributed by atoms with E-state index in [1.165, 1.54) is 12.1 Å². The highest BCUT2D eigenvalue weighted by atomic mass is 19.1. The fraction of sp³-hybridized carbons (Fsp3) is 0.267. The fourth-order valence-corrected chi connectivity index (χ4v) is 2.39. The molecule has 1 aromatic carbocycles. The lowest BCUT2D eigenvalue weighted by molar-refractivity contribution is 0.0976. The molecular weight excluding hydrogens is 259 g/mol. The van der Waals surface area contributed by atoms with Crippen molar-refractivity contribution in [2.75, 3.05) is 18.1 Å². The van der Waals surface area contributed by atoms with Crippen molar-refractivity contribution in [1.82, 2.24) is 4.57 Å². The second-order valence-corrected chi connectivity index (χ2v) is 4.84. The predicted octanol–water partition coefficient (Wildman–Crippen LogP) is 2.51. The van der Waals surface area contributed by atoms with Gasteiger partial charge in [0.05, 0.1) is 17.8 Å². The number of hydrogen-bond acceptors (Lipinski definition) is 2. The molecule has 1 aliphatic heterocycles. The highest BCUT2D eigenvalue weighted by Crippen LogP contribution is 2.33. The van der Waals surface area contributed by atoms with Crippen molar-refractivity contribution in [3.05, 3.63) is 47.5 Å². The number of halogens is 1. The van der Waals surface area contributed by atoms with E-state index in [0.717, 1.165) is 5.69 Å². The molecule has 0 fully saturated rings. The molecule has 1 aliphatic rings. The summed E-state index contributed by atoms with van der Waals surface area (Å²) in [5.74, 6) is -0.0358. The van der Waals surface area contributed by atoms with Gasteiger partial charge in [0.15, 0.2) is 0 Å². The first kappa shape index (κ1) is 12.7. The second-order valence-electron chi connectivity index (χ2n) is 4.84. The molecule has 0 aliphatic carbocycles. The number of carbonyl (C=O) groups is 1. The third-order valence-electron chi connectivity index (χ3n) is 3.64. The first-order valence-electron chi connectivity index (χ1n) is 6.44. The van der Waals surface area contributed by atoms with Gasteiger partial charge in [0.2, 0.25) is 0 Å². The SMILES string of the molecule is Cc1c(C(=O)N2CCOc3cc(F)ccc32)ccn1C. The van der Waals surface area contributed by atoms with Gasteiger partial charge in [-0.25, -0.2) is 4.39 Å². The zero-order valence-corrected chi connectivity index (χ0v) is 11.4. The largest absolute Gasteiger partial charge is 0.489 e. The van der Waals surface area contributed by atoms with E-state index in [2.05, 4.69) is 0 Å². The van der Waals surface area contributed by atoms with Crippen LogP contribution in [0, 0.1) is 12.7 Å². The van der Waals surface area contributed by atoms with E-state index in [1.807, 2.05) is 24.7 Å². The van der Waals surface area contributed by atoms with E-state index >= 15 is 0 Å². The number of aromatic nitrogens is 1. The van der Waals surface area contributed by atoms with E-state index in [0.29, 0.717) is 30.2 Å². The average Bonchev–Trinajstić information content (AvgIpc) is 2.77. The number of aryl methyl sites for hydroxylation is 1. The molecule has 4 nitrogen and oxygen atoms in total. The van der Waals surface area contributed by atoms with Gasteiger partial charge in [-0.15, -0.1) is 0 Å². The van der Waals surface area contributed by atoms with Gasteiger partial charge in [-0.1, -0.05) is 0 Å². The third-order valence-corrected chi connectivity index (χ3v) is 3.64. The minimum atomic E-state index is -0.367. The standard InChI is InChI=1S/C15H15FN2O2/c1-10-12(5-6-17(10)2)15(19)18-7-8-20-14-9-11(16)3-4-13(14)18/h3-6,9H,7-8H2,1-2H3. The zero-order valence-electron chi connectivity index (χ0n) is 11.4. The van der Waals surface area contributed by atoms with Crippen LogP contribution in [0.5, 0.6) is 5.75 Å². The van der Waals surface area contributed by atoms with Crippen LogP contribution in [0.3, 0.4) is 0 Å². The van der Waals surface area contributed by atoms with Gasteiger partial charge < -0.3 is 14.2 Å². The van der Waals surface area contributed by atoms with Gasteiger partial charge in [0.1, 0.15) is 18.2 Å². The summed E-state index contributed by atoms with van der Waals surface area (Å²) < 4.78 is 20.5. The van der Waals surface area contributed by atoms with Crippen molar-refractivity contribution in [2.45, 2.75) is 6.92 Å². The number of nitrogens with zero attached hydrogens (tertiary/aromatic N) is 2. The topological polar surface area (TPSA) is 34.5 Å². The lowest BCUT2D eigenvalue weighted by Gasteiger charge is -2.29. The summed E-state index contributed by atoms with van der Waals surface area (Å²) in [6.07, 6.45) is 1.86. The summed E-state index contributed by atoms with van der Waals surface area (Å²) in [4.78, 5) is 14.3. The van der Waals surface area contributed by atoms with Crippen LogP contribution in [-0.4, -0.2) is 23.6 Å². The highest BCUT2D eigenvalue weighted by Gasteiger charge is 2.26. The molecule has 0 spiro atoms. The van der Waals surface area contributed by atoms with Crippen LogP contribution in [0.2, 0.25) is 0 Å².